The molecule has 2 heterocycles. The van der Waals surface area contributed by atoms with E-state index in [-0.39, 0.29) is 47.4 Å². The monoisotopic (exact) mass is 486 g/mol. The van der Waals surface area contributed by atoms with Gasteiger partial charge in [0.1, 0.15) is 0 Å². The summed E-state index contributed by atoms with van der Waals surface area (Å²) >= 11 is 0. The van der Waals surface area contributed by atoms with E-state index in [4.69, 9.17) is 4.74 Å². The SMILES string of the molecule is CC(C)c1cc(NC(=O)NS(=O)(=O)N(c2cnn(C)c2)C2CCOCC2)cc(C(C)C)c1.[Na]. The molecule has 9 nitrogen and oxygen atoms in total. The Kier molecular flexibility index (Phi) is 9.81. The molecule has 1 radical (unpaired) electrons. The molecular weight excluding hydrogens is 453 g/mol. The molecule has 0 saturated carbocycles. The molecule has 1 aliphatic rings. The van der Waals surface area contributed by atoms with Crippen LogP contribution in [0.3, 0.4) is 0 Å². The Morgan fingerprint density at radius 3 is 2.18 bits per heavy atom. The fourth-order valence-electron chi connectivity index (χ4n) is 3.73. The van der Waals surface area contributed by atoms with Crippen molar-refractivity contribution in [1.82, 2.24) is 14.5 Å². The van der Waals surface area contributed by atoms with E-state index in [1.54, 1.807) is 13.2 Å². The Balaban J connectivity index is 0.00000385. The molecule has 177 valence electrons. The van der Waals surface area contributed by atoms with Crippen LogP contribution in [0.15, 0.2) is 30.6 Å². The van der Waals surface area contributed by atoms with E-state index in [0.717, 1.165) is 11.1 Å². The Morgan fingerprint density at radius 2 is 1.70 bits per heavy atom. The summed E-state index contributed by atoms with van der Waals surface area (Å²) in [6.45, 7) is 9.23. The third-order valence-electron chi connectivity index (χ3n) is 5.52. The molecule has 3 rings (SSSR count). The van der Waals surface area contributed by atoms with Crippen molar-refractivity contribution in [3.8, 4) is 0 Å². The van der Waals surface area contributed by atoms with Crippen molar-refractivity contribution in [2.24, 2.45) is 7.05 Å². The summed E-state index contributed by atoms with van der Waals surface area (Å²) in [6.07, 6.45) is 4.17. The molecule has 1 aromatic heterocycles. The van der Waals surface area contributed by atoms with E-state index in [2.05, 4.69) is 48.9 Å². The molecule has 11 heteroatoms. The summed E-state index contributed by atoms with van der Waals surface area (Å²) in [5.41, 5.74) is 3.12. The quantitative estimate of drug-likeness (QED) is 0.584. The number of carbonyl (C=O) groups is 1. The van der Waals surface area contributed by atoms with Crippen molar-refractivity contribution < 1.29 is 17.9 Å². The van der Waals surface area contributed by atoms with Crippen LogP contribution in [-0.2, 0) is 22.0 Å². The van der Waals surface area contributed by atoms with Crippen molar-refractivity contribution in [2.45, 2.75) is 58.4 Å². The zero-order chi connectivity index (χ0) is 23.5. The van der Waals surface area contributed by atoms with Gasteiger partial charge in [-0.1, -0.05) is 33.8 Å². The van der Waals surface area contributed by atoms with Crippen molar-refractivity contribution in [2.75, 3.05) is 22.8 Å². The Bertz CT molecular complexity index is 1020. The van der Waals surface area contributed by atoms with Crippen LogP contribution < -0.4 is 14.3 Å². The van der Waals surface area contributed by atoms with Crippen LogP contribution in [0.4, 0.5) is 16.2 Å². The van der Waals surface area contributed by atoms with Gasteiger partial charge < -0.3 is 10.1 Å². The van der Waals surface area contributed by atoms with E-state index in [1.807, 2.05) is 12.1 Å². The first kappa shape index (κ1) is 27.7. The number of anilines is 2. The summed E-state index contributed by atoms with van der Waals surface area (Å²) in [5.74, 6) is 0.547. The molecule has 0 unspecified atom stereocenters. The first-order chi connectivity index (χ1) is 15.1. The van der Waals surface area contributed by atoms with Crippen LogP contribution in [0.2, 0.25) is 0 Å². The fourth-order valence-corrected chi connectivity index (χ4v) is 5.08. The minimum Gasteiger partial charge on any atom is -0.381 e. The smallest absolute Gasteiger partial charge is 0.334 e. The van der Waals surface area contributed by atoms with E-state index in [1.165, 1.54) is 15.2 Å². The van der Waals surface area contributed by atoms with E-state index < -0.39 is 16.2 Å². The Labute approximate surface area is 218 Å². The zero-order valence-corrected chi connectivity index (χ0v) is 23.1. The van der Waals surface area contributed by atoms with Gasteiger partial charge in [-0.15, -0.1) is 0 Å². The predicted molar refractivity (Wildman–Crippen MR) is 131 cm³/mol. The number of hydrogen-bond acceptors (Lipinski definition) is 5. The van der Waals surface area contributed by atoms with Crippen LogP contribution in [-0.4, -0.2) is 73.0 Å². The van der Waals surface area contributed by atoms with Crippen molar-refractivity contribution in [3.05, 3.63) is 41.7 Å². The van der Waals surface area contributed by atoms with Crippen LogP contribution in [0.25, 0.3) is 0 Å². The topological polar surface area (TPSA) is 106 Å². The van der Waals surface area contributed by atoms with Gasteiger partial charge in [0.25, 0.3) is 0 Å². The van der Waals surface area contributed by atoms with Gasteiger partial charge in [0.05, 0.1) is 17.9 Å². The van der Waals surface area contributed by atoms with Gasteiger partial charge in [0.2, 0.25) is 0 Å². The normalized spacial score (nSPS) is 14.8. The number of benzene rings is 1. The molecular formula is C22H33N5NaO4S. The summed E-state index contributed by atoms with van der Waals surface area (Å²) in [4.78, 5) is 12.7. The number of aromatic nitrogens is 2. The first-order valence-electron chi connectivity index (χ1n) is 10.9. The van der Waals surface area contributed by atoms with Gasteiger partial charge in [0, 0.05) is 61.7 Å². The second-order valence-corrected chi connectivity index (χ2v) is 10.3. The van der Waals surface area contributed by atoms with E-state index >= 15 is 0 Å². The summed E-state index contributed by atoms with van der Waals surface area (Å²) in [6, 6.07) is 4.74. The van der Waals surface area contributed by atoms with Gasteiger partial charge in [0.15, 0.2) is 0 Å². The number of ether oxygens (including phenoxy) is 1. The van der Waals surface area contributed by atoms with Crippen molar-refractivity contribution in [1.29, 1.82) is 0 Å². The van der Waals surface area contributed by atoms with Crippen molar-refractivity contribution >= 4 is 57.2 Å². The van der Waals surface area contributed by atoms with Crippen molar-refractivity contribution in [3.63, 3.8) is 0 Å². The molecule has 0 bridgehead atoms. The molecule has 0 atom stereocenters. The summed E-state index contributed by atoms with van der Waals surface area (Å²) < 4.78 is 36.9. The number of rotatable bonds is 7. The fraction of sp³-hybridized carbons (Fsp3) is 0.545. The zero-order valence-electron chi connectivity index (χ0n) is 20.3. The minimum atomic E-state index is -4.17. The van der Waals surface area contributed by atoms with Gasteiger partial charge in [-0.3, -0.25) is 4.68 Å². The van der Waals surface area contributed by atoms with Gasteiger partial charge in [-0.25, -0.2) is 13.8 Å². The molecule has 1 aromatic carbocycles. The largest absolute Gasteiger partial charge is 0.381 e. The molecule has 33 heavy (non-hydrogen) atoms. The third kappa shape index (κ3) is 7.19. The molecule has 2 N–H and O–H groups in total. The number of aryl methyl sites for hydroxylation is 1. The maximum Gasteiger partial charge on any atom is 0.334 e. The molecule has 2 amide bonds. The second kappa shape index (κ2) is 11.7. The summed E-state index contributed by atoms with van der Waals surface area (Å²) in [5, 5.41) is 6.80. The molecule has 2 aromatic rings. The second-order valence-electron chi connectivity index (χ2n) is 8.77. The molecule has 0 spiro atoms. The van der Waals surface area contributed by atoms with Crippen LogP contribution in [0.1, 0.15) is 63.5 Å². The average molecular weight is 487 g/mol. The Hall–Kier alpha value is -1.59. The van der Waals surface area contributed by atoms with Gasteiger partial charge >= 0.3 is 16.2 Å². The number of hydrogen-bond donors (Lipinski definition) is 2. The Morgan fingerprint density at radius 1 is 1.12 bits per heavy atom. The number of urea groups is 1. The van der Waals surface area contributed by atoms with Gasteiger partial charge in [-0.05, 0) is 47.9 Å². The average Bonchev–Trinajstić information content (AvgIpc) is 3.13. The standard InChI is InChI=1S/C22H33N5O4S.Na/c1-15(2)17-10-18(16(3)4)12-19(11-17)24-22(28)25-32(29,30)27(20-6-8-31-9-7-20)21-13-23-26(5)14-21;/h10-16,20H,6-9H2,1-5H3,(H2,24,25,28);. The number of amides is 2. The molecule has 1 aliphatic heterocycles. The minimum absolute atomic E-state index is 0. The van der Waals surface area contributed by atoms with E-state index in [9.17, 15) is 13.2 Å². The molecule has 0 aliphatic carbocycles. The maximum absolute atomic E-state index is 13.3. The third-order valence-corrected chi connectivity index (χ3v) is 6.99. The molecule has 1 fully saturated rings. The summed E-state index contributed by atoms with van der Waals surface area (Å²) in [7, 11) is -2.46. The first-order valence-corrected chi connectivity index (χ1v) is 12.3. The predicted octanol–water partition coefficient (Wildman–Crippen LogP) is 3.34. The maximum atomic E-state index is 13.3. The van der Waals surface area contributed by atoms with Crippen LogP contribution >= 0.6 is 0 Å². The van der Waals surface area contributed by atoms with Gasteiger partial charge in [-0.2, -0.15) is 13.5 Å². The van der Waals surface area contributed by atoms with Crippen LogP contribution in [0.5, 0.6) is 0 Å². The van der Waals surface area contributed by atoms with E-state index in [0.29, 0.717) is 37.4 Å². The number of nitrogens with one attached hydrogen (secondary N) is 2. The van der Waals surface area contributed by atoms with Crippen LogP contribution in [0, 0.1) is 0 Å². The number of nitrogens with zero attached hydrogens (tertiary/aromatic N) is 3. The number of carbonyl (C=O) groups excluding carboxylic acids is 1. The molecule has 1 saturated heterocycles.